The summed E-state index contributed by atoms with van der Waals surface area (Å²) < 4.78 is 2.60. The van der Waals surface area contributed by atoms with Crippen LogP contribution < -0.4 is 4.90 Å². The van der Waals surface area contributed by atoms with Crippen LogP contribution in [0.2, 0.25) is 0 Å². The molecule has 0 atom stereocenters. The fourth-order valence-corrected chi connectivity index (χ4v) is 9.62. The molecule has 0 saturated carbocycles. The van der Waals surface area contributed by atoms with E-state index in [4.69, 9.17) is 0 Å². The van der Waals surface area contributed by atoms with Crippen LogP contribution in [-0.4, -0.2) is 0 Å². The molecular weight excluding hydrogens is 671 g/mol. The number of thiophene rings is 1. The number of hydrogen-bond acceptors (Lipinski definition) is 2. The molecule has 0 aliphatic heterocycles. The molecule has 0 radical (unpaired) electrons. The van der Waals surface area contributed by atoms with Crippen LogP contribution in [0.3, 0.4) is 0 Å². The summed E-state index contributed by atoms with van der Waals surface area (Å²) in [7, 11) is 0. The predicted molar refractivity (Wildman–Crippen MR) is 235 cm³/mol. The van der Waals surface area contributed by atoms with Crippen LogP contribution in [0.5, 0.6) is 0 Å². The molecule has 0 aliphatic carbocycles. The van der Waals surface area contributed by atoms with Gasteiger partial charge in [0.25, 0.3) is 0 Å². The standard InChI is InChI=1S/C52H33NS/c1-2-15-41-35(11-1)12-10-21-42(41)37-13-9-14-39(31-37)53(40-28-30-49-48-20-7-8-22-51(48)54-52(49)33-40)38-26-23-34(24-27-38)36-25-29-47-45-18-4-3-16-43(45)44-17-5-6-19-46(44)50(47)32-36/h1-33H. The summed E-state index contributed by atoms with van der Waals surface area (Å²) >= 11 is 1.86. The highest BCUT2D eigenvalue weighted by molar-refractivity contribution is 7.25. The zero-order chi connectivity index (χ0) is 35.6. The molecule has 0 aliphatic rings. The van der Waals surface area contributed by atoms with Crippen molar-refractivity contribution >= 4 is 91.7 Å². The first-order valence-corrected chi connectivity index (χ1v) is 19.3. The van der Waals surface area contributed by atoms with Crippen molar-refractivity contribution < 1.29 is 0 Å². The van der Waals surface area contributed by atoms with Crippen molar-refractivity contribution in [1.29, 1.82) is 0 Å². The third-order valence-electron chi connectivity index (χ3n) is 11.0. The molecule has 10 aromatic carbocycles. The first-order valence-electron chi connectivity index (χ1n) is 18.5. The smallest absolute Gasteiger partial charge is 0.0476 e. The van der Waals surface area contributed by atoms with Crippen molar-refractivity contribution in [1.82, 2.24) is 0 Å². The van der Waals surface area contributed by atoms with Crippen molar-refractivity contribution in [2.75, 3.05) is 4.90 Å². The highest BCUT2D eigenvalue weighted by atomic mass is 32.1. The molecule has 54 heavy (non-hydrogen) atoms. The van der Waals surface area contributed by atoms with Crippen LogP contribution in [0.1, 0.15) is 0 Å². The number of benzene rings is 10. The van der Waals surface area contributed by atoms with Crippen LogP contribution >= 0.6 is 11.3 Å². The van der Waals surface area contributed by atoms with E-state index in [0.717, 1.165) is 17.1 Å². The van der Waals surface area contributed by atoms with Gasteiger partial charge in [0.05, 0.1) is 0 Å². The average Bonchev–Trinajstić information content (AvgIpc) is 3.62. The Morgan fingerprint density at radius 3 is 1.59 bits per heavy atom. The van der Waals surface area contributed by atoms with E-state index in [1.807, 2.05) is 11.3 Å². The van der Waals surface area contributed by atoms with E-state index in [0.29, 0.717) is 0 Å². The molecule has 0 fully saturated rings. The summed E-state index contributed by atoms with van der Waals surface area (Å²) in [6.45, 7) is 0. The molecule has 11 rings (SSSR count). The molecule has 0 bridgehead atoms. The molecule has 2 heteroatoms. The molecule has 0 saturated heterocycles. The Labute approximate surface area is 317 Å². The van der Waals surface area contributed by atoms with Gasteiger partial charge >= 0.3 is 0 Å². The summed E-state index contributed by atoms with van der Waals surface area (Å²) in [5.41, 5.74) is 8.23. The summed E-state index contributed by atoms with van der Waals surface area (Å²) in [4.78, 5) is 2.41. The maximum Gasteiger partial charge on any atom is 0.0476 e. The number of hydrogen-bond donors (Lipinski definition) is 0. The second-order valence-corrected chi connectivity index (χ2v) is 15.2. The molecule has 0 N–H and O–H groups in total. The van der Waals surface area contributed by atoms with Crippen LogP contribution in [0.4, 0.5) is 17.1 Å². The topological polar surface area (TPSA) is 3.24 Å². The fourth-order valence-electron chi connectivity index (χ4n) is 8.48. The van der Waals surface area contributed by atoms with Crippen LogP contribution in [0, 0.1) is 0 Å². The Bertz CT molecular complexity index is 3190. The normalized spacial score (nSPS) is 11.7. The highest BCUT2D eigenvalue weighted by Crippen LogP contribution is 2.43. The van der Waals surface area contributed by atoms with E-state index in [1.165, 1.54) is 85.5 Å². The molecule has 0 unspecified atom stereocenters. The van der Waals surface area contributed by atoms with Gasteiger partial charge in [-0.2, -0.15) is 0 Å². The summed E-state index contributed by atoms with van der Waals surface area (Å²) in [6, 6.07) is 73.5. The third kappa shape index (κ3) is 4.99. The second-order valence-electron chi connectivity index (χ2n) is 14.1. The summed E-state index contributed by atoms with van der Waals surface area (Å²) in [5.74, 6) is 0. The molecule has 0 spiro atoms. The number of fused-ring (bicyclic) bond motifs is 10. The minimum Gasteiger partial charge on any atom is -0.310 e. The van der Waals surface area contributed by atoms with Crippen LogP contribution in [0.15, 0.2) is 200 Å². The molecule has 252 valence electrons. The van der Waals surface area contributed by atoms with E-state index < -0.39 is 0 Å². The molecule has 1 nitrogen and oxygen atoms in total. The second kappa shape index (κ2) is 12.4. The molecule has 11 aromatic rings. The first-order chi connectivity index (χ1) is 26.8. The fraction of sp³-hybridized carbons (Fsp3) is 0. The first kappa shape index (κ1) is 30.8. The molecule has 0 amide bonds. The number of rotatable bonds is 5. The van der Waals surface area contributed by atoms with Crippen LogP contribution in [0.25, 0.3) is 85.5 Å². The lowest BCUT2D eigenvalue weighted by atomic mass is 9.92. The van der Waals surface area contributed by atoms with Gasteiger partial charge in [0.2, 0.25) is 0 Å². The quantitative estimate of drug-likeness (QED) is 0.161. The van der Waals surface area contributed by atoms with Crippen molar-refractivity contribution in [2.45, 2.75) is 0 Å². The van der Waals surface area contributed by atoms with E-state index in [1.54, 1.807) is 0 Å². The molecular formula is C52H33NS. The number of nitrogens with zero attached hydrogens (tertiary/aromatic N) is 1. The lowest BCUT2D eigenvalue weighted by molar-refractivity contribution is 1.29. The molecule has 1 aromatic heterocycles. The van der Waals surface area contributed by atoms with Crippen LogP contribution in [-0.2, 0) is 0 Å². The Morgan fingerprint density at radius 1 is 0.278 bits per heavy atom. The van der Waals surface area contributed by atoms with Gasteiger partial charge in [0, 0.05) is 37.2 Å². The Kier molecular flexibility index (Phi) is 7.11. The maximum absolute atomic E-state index is 2.41. The zero-order valence-corrected chi connectivity index (χ0v) is 30.2. The van der Waals surface area contributed by atoms with E-state index in [9.17, 15) is 0 Å². The van der Waals surface area contributed by atoms with Gasteiger partial charge in [-0.3, -0.25) is 0 Å². The van der Waals surface area contributed by atoms with E-state index in [2.05, 4.69) is 205 Å². The lowest BCUT2D eigenvalue weighted by Crippen LogP contribution is -2.10. The van der Waals surface area contributed by atoms with Gasteiger partial charge in [-0.1, -0.05) is 152 Å². The van der Waals surface area contributed by atoms with Gasteiger partial charge in [-0.25, -0.2) is 0 Å². The van der Waals surface area contributed by atoms with Gasteiger partial charge in [0.15, 0.2) is 0 Å². The Balaban J connectivity index is 1.05. The lowest BCUT2D eigenvalue weighted by Gasteiger charge is -2.26. The van der Waals surface area contributed by atoms with Crippen molar-refractivity contribution in [2.24, 2.45) is 0 Å². The third-order valence-corrected chi connectivity index (χ3v) is 12.2. The SMILES string of the molecule is c1cc(-c2cccc3ccccc23)cc(N(c2ccc(-c3ccc4c5ccccc5c5ccccc5c4c3)cc2)c2ccc3c(c2)sc2ccccc23)c1. The van der Waals surface area contributed by atoms with Gasteiger partial charge in [-0.05, 0) is 114 Å². The van der Waals surface area contributed by atoms with Crippen molar-refractivity contribution in [3.05, 3.63) is 200 Å². The highest BCUT2D eigenvalue weighted by Gasteiger charge is 2.17. The van der Waals surface area contributed by atoms with E-state index in [-0.39, 0.29) is 0 Å². The molecule has 1 heterocycles. The van der Waals surface area contributed by atoms with Gasteiger partial charge in [0.1, 0.15) is 0 Å². The Morgan fingerprint density at radius 2 is 0.815 bits per heavy atom. The summed E-state index contributed by atoms with van der Waals surface area (Å²) in [6.07, 6.45) is 0. The van der Waals surface area contributed by atoms with Gasteiger partial charge in [-0.15, -0.1) is 11.3 Å². The van der Waals surface area contributed by atoms with Gasteiger partial charge < -0.3 is 4.90 Å². The summed E-state index contributed by atoms with van der Waals surface area (Å²) in [5, 5.41) is 12.9. The largest absolute Gasteiger partial charge is 0.310 e. The average molecular weight is 704 g/mol. The minimum absolute atomic E-state index is 1.12. The monoisotopic (exact) mass is 703 g/mol. The minimum atomic E-state index is 1.12. The van der Waals surface area contributed by atoms with E-state index >= 15 is 0 Å². The van der Waals surface area contributed by atoms with Crippen molar-refractivity contribution in [3.63, 3.8) is 0 Å². The van der Waals surface area contributed by atoms with Crippen molar-refractivity contribution in [3.8, 4) is 22.3 Å². The predicted octanol–water partition coefficient (Wildman–Crippen LogP) is 15.5. The Hall–Kier alpha value is -6.74. The zero-order valence-electron chi connectivity index (χ0n) is 29.4. The number of anilines is 3. The maximum atomic E-state index is 2.41.